The number of nitrogens with zero attached hydrogens (tertiary/aromatic N) is 1. The zero-order valence-electron chi connectivity index (χ0n) is 13.1. The van der Waals surface area contributed by atoms with Gasteiger partial charge in [0.15, 0.2) is 0 Å². The van der Waals surface area contributed by atoms with Gasteiger partial charge in [0.25, 0.3) is 0 Å². The lowest BCUT2D eigenvalue weighted by Crippen LogP contribution is -2.46. The maximum atomic E-state index is 12.6. The maximum Gasteiger partial charge on any atom is 0.242 e. The molecular formula is C15H26N2O3S. The predicted octanol–water partition coefficient (Wildman–Crippen LogP) is 2.56. The number of hydrogen-bond donors (Lipinski definition) is 2. The first kappa shape index (κ1) is 16.5. The Hall–Kier alpha value is -0.850. The molecule has 1 aromatic heterocycles. The Morgan fingerprint density at radius 3 is 2.43 bits per heavy atom. The van der Waals surface area contributed by atoms with Crippen molar-refractivity contribution >= 4 is 10.0 Å². The minimum atomic E-state index is -3.55. The third-order valence-electron chi connectivity index (χ3n) is 4.27. The third-order valence-corrected chi connectivity index (χ3v) is 5.88. The fourth-order valence-corrected chi connectivity index (χ4v) is 4.58. The Morgan fingerprint density at radius 1 is 1.33 bits per heavy atom. The van der Waals surface area contributed by atoms with Crippen molar-refractivity contribution in [2.75, 3.05) is 0 Å². The predicted molar refractivity (Wildman–Crippen MR) is 82.6 cm³/mol. The van der Waals surface area contributed by atoms with Crippen molar-refractivity contribution in [2.24, 2.45) is 0 Å². The summed E-state index contributed by atoms with van der Waals surface area (Å²) in [5.74, 6) is 0. The SMILES string of the molecule is CC(C)n1cc(S(=O)(=O)NC2(C)CCCCC2)cc1CO. The molecule has 0 bridgehead atoms. The first-order chi connectivity index (χ1) is 9.77. The lowest BCUT2D eigenvalue weighted by Gasteiger charge is -2.33. The van der Waals surface area contributed by atoms with E-state index in [1.54, 1.807) is 16.8 Å². The topological polar surface area (TPSA) is 71.3 Å². The molecule has 21 heavy (non-hydrogen) atoms. The average molecular weight is 314 g/mol. The van der Waals surface area contributed by atoms with Crippen molar-refractivity contribution in [3.05, 3.63) is 18.0 Å². The van der Waals surface area contributed by atoms with Crippen LogP contribution in [0.15, 0.2) is 17.2 Å². The van der Waals surface area contributed by atoms with Crippen LogP contribution in [0.2, 0.25) is 0 Å². The first-order valence-corrected chi connectivity index (χ1v) is 9.11. The molecule has 0 amide bonds. The van der Waals surface area contributed by atoms with Crippen LogP contribution in [0.25, 0.3) is 0 Å². The molecule has 1 aromatic rings. The monoisotopic (exact) mass is 314 g/mol. The van der Waals surface area contributed by atoms with Crippen molar-refractivity contribution in [1.82, 2.24) is 9.29 Å². The van der Waals surface area contributed by atoms with E-state index in [1.807, 2.05) is 20.8 Å². The lowest BCUT2D eigenvalue weighted by atomic mass is 9.84. The van der Waals surface area contributed by atoms with Crippen LogP contribution in [-0.2, 0) is 16.6 Å². The zero-order valence-corrected chi connectivity index (χ0v) is 13.9. The summed E-state index contributed by atoms with van der Waals surface area (Å²) in [5.41, 5.74) is 0.273. The van der Waals surface area contributed by atoms with Gasteiger partial charge in [-0.05, 0) is 39.7 Å². The molecule has 0 saturated heterocycles. The summed E-state index contributed by atoms with van der Waals surface area (Å²) in [6.07, 6.45) is 6.68. The fraction of sp³-hybridized carbons (Fsp3) is 0.733. The molecule has 1 heterocycles. The summed E-state index contributed by atoms with van der Waals surface area (Å²) >= 11 is 0. The Bertz CT molecular complexity index is 584. The van der Waals surface area contributed by atoms with Crippen LogP contribution >= 0.6 is 0 Å². The Kier molecular flexibility index (Phi) is 4.80. The summed E-state index contributed by atoms with van der Waals surface area (Å²) in [4.78, 5) is 0.243. The van der Waals surface area contributed by atoms with E-state index in [4.69, 9.17) is 0 Å². The van der Waals surface area contributed by atoms with Gasteiger partial charge in [-0.25, -0.2) is 13.1 Å². The van der Waals surface area contributed by atoms with Crippen LogP contribution in [0.3, 0.4) is 0 Å². The molecule has 1 fully saturated rings. The summed E-state index contributed by atoms with van der Waals surface area (Å²) in [5, 5.41) is 9.38. The van der Waals surface area contributed by atoms with E-state index >= 15 is 0 Å². The summed E-state index contributed by atoms with van der Waals surface area (Å²) in [7, 11) is -3.55. The smallest absolute Gasteiger partial charge is 0.242 e. The second-order valence-electron chi connectivity index (χ2n) is 6.55. The number of aliphatic hydroxyl groups excluding tert-OH is 1. The molecule has 1 aliphatic rings. The second kappa shape index (κ2) is 6.10. The van der Waals surface area contributed by atoms with Crippen molar-refractivity contribution in [3.8, 4) is 0 Å². The van der Waals surface area contributed by atoms with Crippen molar-refractivity contribution in [1.29, 1.82) is 0 Å². The maximum absolute atomic E-state index is 12.6. The Balaban J connectivity index is 2.27. The number of nitrogens with one attached hydrogen (secondary N) is 1. The highest BCUT2D eigenvalue weighted by molar-refractivity contribution is 7.89. The van der Waals surface area contributed by atoms with Gasteiger partial charge in [-0.3, -0.25) is 0 Å². The molecule has 5 nitrogen and oxygen atoms in total. The van der Waals surface area contributed by atoms with Crippen molar-refractivity contribution < 1.29 is 13.5 Å². The van der Waals surface area contributed by atoms with Crippen LogP contribution in [0.5, 0.6) is 0 Å². The van der Waals surface area contributed by atoms with Crippen LogP contribution in [0.1, 0.15) is 64.6 Å². The standard InChI is InChI=1S/C15H26N2O3S/c1-12(2)17-10-14(9-13(17)11-18)21(19,20)16-15(3)7-5-4-6-8-15/h9-10,12,16,18H,4-8,11H2,1-3H3. The van der Waals surface area contributed by atoms with E-state index in [1.165, 1.54) is 6.42 Å². The number of hydrogen-bond acceptors (Lipinski definition) is 3. The van der Waals surface area contributed by atoms with E-state index in [-0.39, 0.29) is 23.1 Å². The number of aliphatic hydroxyl groups is 1. The molecule has 0 radical (unpaired) electrons. The van der Waals surface area contributed by atoms with Gasteiger partial charge in [-0.15, -0.1) is 0 Å². The molecule has 2 rings (SSSR count). The van der Waals surface area contributed by atoms with E-state index in [0.717, 1.165) is 25.7 Å². The molecular weight excluding hydrogens is 288 g/mol. The minimum absolute atomic E-state index is 0.112. The third kappa shape index (κ3) is 3.67. The van der Waals surface area contributed by atoms with Gasteiger partial charge in [-0.2, -0.15) is 0 Å². The van der Waals surface area contributed by atoms with Gasteiger partial charge in [0.1, 0.15) is 4.90 Å². The fourth-order valence-electron chi connectivity index (χ4n) is 3.07. The molecule has 1 aliphatic carbocycles. The largest absolute Gasteiger partial charge is 0.390 e. The van der Waals surface area contributed by atoms with E-state index in [2.05, 4.69) is 4.72 Å². The van der Waals surface area contributed by atoms with Crippen molar-refractivity contribution in [3.63, 3.8) is 0 Å². The molecule has 6 heteroatoms. The quantitative estimate of drug-likeness (QED) is 0.877. The molecule has 2 N–H and O–H groups in total. The van der Waals surface area contributed by atoms with E-state index in [9.17, 15) is 13.5 Å². The molecule has 120 valence electrons. The number of aromatic nitrogens is 1. The van der Waals surface area contributed by atoms with E-state index in [0.29, 0.717) is 5.69 Å². The Morgan fingerprint density at radius 2 is 1.95 bits per heavy atom. The first-order valence-electron chi connectivity index (χ1n) is 7.63. The van der Waals surface area contributed by atoms with Gasteiger partial charge < -0.3 is 9.67 Å². The highest BCUT2D eigenvalue weighted by Gasteiger charge is 2.32. The van der Waals surface area contributed by atoms with Gasteiger partial charge in [0.2, 0.25) is 10.0 Å². The van der Waals surface area contributed by atoms with Crippen LogP contribution in [0.4, 0.5) is 0 Å². The summed E-state index contributed by atoms with van der Waals surface area (Å²) in [6.45, 7) is 5.75. The summed E-state index contributed by atoms with van der Waals surface area (Å²) in [6, 6.07) is 1.68. The van der Waals surface area contributed by atoms with Gasteiger partial charge in [0.05, 0.1) is 6.61 Å². The Labute approximate surface area is 127 Å². The average Bonchev–Trinajstić information content (AvgIpc) is 2.83. The molecule has 0 aliphatic heterocycles. The zero-order chi connectivity index (χ0) is 15.7. The number of rotatable bonds is 5. The van der Waals surface area contributed by atoms with Crippen LogP contribution in [-0.4, -0.2) is 23.6 Å². The van der Waals surface area contributed by atoms with Gasteiger partial charge in [0, 0.05) is 23.5 Å². The minimum Gasteiger partial charge on any atom is -0.390 e. The number of sulfonamides is 1. The van der Waals surface area contributed by atoms with Gasteiger partial charge >= 0.3 is 0 Å². The normalized spacial score (nSPS) is 19.1. The highest BCUT2D eigenvalue weighted by Crippen LogP contribution is 2.30. The molecule has 0 unspecified atom stereocenters. The van der Waals surface area contributed by atoms with E-state index < -0.39 is 10.0 Å². The lowest BCUT2D eigenvalue weighted by molar-refractivity contribution is 0.268. The molecule has 0 atom stereocenters. The highest BCUT2D eigenvalue weighted by atomic mass is 32.2. The van der Waals surface area contributed by atoms with Crippen LogP contribution in [0, 0.1) is 0 Å². The molecule has 0 aromatic carbocycles. The van der Waals surface area contributed by atoms with Gasteiger partial charge in [-0.1, -0.05) is 19.3 Å². The second-order valence-corrected chi connectivity index (χ2v) is 8.24. The molecule has 1 saturated carbocycles. The molecule has 0 spiro atoms. The van der Waals surface area contributed by atoms with Crippen LogP contribution < -0.4 is 4.72 Å². The van der Waals surface area contributed by atoms with Crippen molar-refractivity contribution in [2.45, 2.75) is 76.0 Å². The summed E-state index contributed by atoms with van der Waals surface area (Å²) < 4.78 is 29.9.